The maximum atomic E-state index is 4.96. The van der Waals surface area contributed by atoms with Crippen molar-refractivity contribution in [1.29, 1.82) is 0 Å². The molecule has 0 saturated carbocycles. The van der Waals surface area contributed by atoms with Crippen LogP contribution in [0.3, 0.4) is 0 Å². The van der Waals surface area contributed by atoms with Crippen LogP contribution in [0.25, 0.3) is 10.7 Å². The van der Waals surface area contributed by atoms with Crippen LogP contribution < -0.4 is 5.32 Å². The van der Waals surface area contributed by atoms with Crippen LogP contribution in [0.2, 0.25) is 0 Å². The number of aromatic nitrogens is 2. The first-order valence-corrected chi connectivity index (χ1v) is 8.64. The van der Waals surface area contributed by atoms with Crippen LogP contribution in [0.15, 0.2) is 12.3 Å². The van der Waals surface area contributed by atoms with E-state index >= 15 is 0 Å². The maximum absolute atomic E-state index is 4.96. The van der Waals surface area contributed by atoms with Crippen LogP contribution in [0, 0.1) is 13.8 Å². The molecular formula is C17H23N3S. The highest BCUT2D eigenvalue weighted by Gasteiger charge is 2.25. The number of aryl methyl sites for hydroxylation is 3. The number of fused-ring (bicyclic) bond motifs is 1. The average Bonchev–Trinajstić information content (AvgIpc) is 2.89. The molecule has 1 atom stereocenters. The summed E-state index contributed by atoms with van der Waals surface area (Å²) < 4.78 is 0. The molecule has 0 saturated heterocycles. The molecule has 0 aromatic carbocycles. The van der Waals surface area contributed by atoms with Crippen molar-refractivity contribution in [2.75, 3.05) is 13.1 Å². The molecule has 1 unspecified atom stereocenters. The summed E-state index contributed by atoms with van der Waals surface area (Å²) in [6, 6.07) is 2.19. The van der Waals surface area contributed by atoms with Gasteiger partial charge in [0.05, 0.1) is 5.69 Å². The van der Waals surface area contributed by atoms with Crippen LogP contribution >= 0.6 is 11.3 Å². The first kappa shape index (κ1) is 14.7. The monoisotopic (exact) mass is 301 g/mol. The van der Waals surface area contributed by atoms with Gasteiger partial charge in [0, 0.05) is 23.5 Å². The highest BCUT2D eigenvalue weighted by molar-refractivity contribution is 7.15. The van der Waals surface area contributed by atoms with Gasteiger partial charge >= 0.3 is 0 Å². The van der Waals surface area contributed by atoms with Crippen molar-refractivity contribution in [2.24, 2.45) is 0 Å². The van der Waals surface area contributed by atoms with Gasteiger partial charge in [-0.15, -0.1) is 11.3 Å². The Morgan fingerprint density at radius 1 is 1.38 bits per heavy atom. The smallest absolute Gasteiger partial charge is 0.142 e. The van der Waals surface area contributed by atoms with Crippen molar-refractivity contribution in [3.63, 3.8) is 0 Å². The lowest BCUT2D eigenvalue weighted by atomic mass is 9.91. The molecule has 2 aromatic rings. The average molecular weight is 301 g/mol. The molecule has 0 fully saturated rings. The van der Waals surface area contributed by atoms with Crippen molar-refractivity contribution < 1.29 is 0 Å². The highest BCUT2D eigenvalue weighted by atomic mass is 32.1. The van der Waals surface area contributed by atoms with Gasteiger partial charge < -0.3 is 5.32 Å². The summed E-state index contributed by atoms with van der Waals surface area (Å²) in [5.41, 5.74) is 4.82. The van der Waals surface area contributed by atoms with E-state index in [2.05, 4.69) is 37.1 Å². The Balaban J connectivity index is 1.94. The third-order valence-corrected chi connectivity index (χ3v) is 5.27. The molecule has 21 heavy (non-hydrogen) atoms. The van der Waals surface area contributed by atoms with Crippen molar-refractivity contribution in [3.8, 4) is 10.7 Å². The van der Waals surface area contributed by atoms with Crippen LogP contribution in [0.5, 0.6) is 0 Å². The quantitative estimate of drug-likeness (QED) is 0.932. The van der Waals surface area contributed by atoms with Gasteiger partial charge in [-0.1, -0.05) is 13.0 Å². The lowest BCUT2D eigenvalue weighted by Crippen LogP contribution is -2.23. The van der Waals surface area contributed by atoms with E-state index in [1.807, 2.05) is 17.5 Å². The van der Waals surface area contributed by atoms with Gasteiger partial charge in [0.15, 0.2) is 0 Å². The predicted octanol–water partition coefficient (Wildman–Crippen LogP) is 3.85. The number of hydrogen-bond donors (Lipinski definition) is 1. The largest absolute Gasteiger partial charge is 0.316 e. The minimum Gasteiger partial charge on any atom is -0.316 e. The zero-order valence-corrected chi connectivity index (χ0v) is 13.9. The molecule has 1 aliphatic carbocycles. The third-order valence-electron chi connectivity index (χ3n) is 4.13. The highest BCUT2D eigenvalue weighted by Crippen LogP contribution is 2.38. The number of likely N-dealkylation sites (N-methyl/N-ethyl adjacent to an activating group) is 1. The topological polar surface area (TPSA) is 37.8 Å². The maximum Gasteiger partial charge on any atom is 0.142 e. The van der Waals surface area contributed by atoms with E-state index in [0.29, 0.717) is 5.92 Å². The molecule has 4 heteroatoms. The van der Waals surface area contributed by atoms with Crippen molar-refractivity contribution in [2.45, 2.75) is 46.0 Å². The number of hydrogen-bond acceptors (Lipinski definition) is 4. The summed E-state index contributed by atoms with van der Waals surface area (Å²) in [4.78, 5) is 11.0. The first-order valence-electron chi connectivity index (χ1n) is 7.83. The standard InChI is InChI=1S/C17H23N3S/c1-4-18-10-13-6-5-7-14-16(13)20-17(21-14)15-12(3)8-11(2)9-19-15/h8-9,13,18H,4-7,10H2,1-3H3. The number of rotatable bonds is 4. The van der Waals surface area contributed by atoms with Crippen molar-refractivity contribution in [1.82, 2.24) is 15.3 Å². The fourth-order valence-corrected chi connectivity index (χ4v) is 4.32. The van der Waals surface area contributed by atoms with Gasteiger partial charge in [-0.05, 0) is 50.8 Å². The van der Waals surface area contributed by atoms with Crippen LogP contribution in [0.4, 0.5) is 0 Å². The SMILES string of the molecule is CCNCC1CCCc2sc(-c3ncc(C)cc3C)nc21. The van der Waals surface area contributed by atoms with Gasteiger partial charge in [-0.2, -0.15) is 0 Å². The Hall–Kier alpha value is -1.26. The Morgan fingerprint density at radius 2 is 2.24 bits per heavy atom. The Labute approximate surface area is 130 Å². The second-order valence-electron chi connectivity index (χ2n) is 5.90. The lowest BCUT2D eigenvalue weighted by Gasteiger charge is -2.21. The molecular weight excluding hydrogens is 278 g/mol. The van der Waals surface area contributed by atoms with Crippen LogP contribution in [-0.2, 0) is 6.42 Å². The summed E-state index contributed by atoms with van der Waals surface area (Å²) in [7, 11) is 0. The van der Waals surface area contributed by atoms with Gasteiger partial charge in [0.1, 0.15) is 10.7 Å². The van der Waals surface area contributed by atoms with E-state index in [4.69, 9.17) is 4.98 Å². The van der Waals surface area contributed by atoms with Gasteiger partial charge in [-0.3, -0.25) is 4.98 Å². The second kappa shape index (κ2) is 6.24. The zero-order valence-electron chi connectivity index (χ0n) is 13.1. The number of nitrogens with one attached hydrogen (secondary N) is 1. The summed E-state index contributed by atoms with van der Waals surface area (Å²) in [5, 5.41) is 4.57. The first-order chi connectivity index (χ1) is 10.2. The summed E-state index contributed by atoms with van der Waals surface area (Å²) in [6.45, 7) is 8.46. The van der Waals surface area contributed by atoms with Crippen LogP contribution in [0.1, 0.15) is 47.4 Å². The Bertz CT molecular complexity index is 633. The van der Waals surface area contributed by atoms with E-state index in [1.165, 1.54) is 41.0 Å². The van der Waals surface area contributed by atoms with Crippen LogP contribution in [-0.4, -0.2) is 23.1 Å². The zero-order chi connectivity index (χ0) is 14.8. The molecule has 0 aliphatic heterocycles. The number of thiazole rings is 1. The molecule has 3 nitrogen and oxygen atoms in total. The molecule has 0 amide bonds. The molecule has 1 N–H and O–H groups in total. The summed E-state index contributed by atoms with van der Waals surface area (Å²) in [6.07, 6.45) is 5.66. The fraction of sp³-hybridized carbons (Fsp3) is 0.529. The Kier molecular flexibility index (Phi) is 4.36. The second-order valence-corrected chi connectivity index (χ2v) is 6.99. The Morgan fingerprint density at radius 3 is 3.00 bits per heavy atom. The van der Waals surface area contributed by atoms with Gasteiger partial charge in [-0.25, -0.2) is 4.98 Å². The molecule has 0 radical (unpaired) electrons. The minimum absolute atomic E-state index is 0.574. The third kappa shape index (κ3) is 3.01. The van der Waals surface area contributed by atoms with E-state index in [0.717, 1.165) is 23.8 Å². The molecule has 3 rings (SSSR count). The predicted molar refractivity (Wildman–Crippen MR) is 89.0 cm³/mol. The molecule has 112 valence electrons. The number of nitrogens with zero attached hydrogens (tertiary/aromatic N) is 2. The fourth-order valence-electron chi connectivity index (χ4n) is 3.07. The van der Waals surface area contributed by atoms with Crippen molar-refractivity contribution in [3.05, 3.63) is 34.0 Å². The molecule has 2 heterocycles. The summed E-state index contributed by atoms with van der Waals surface area (Å²) >= 11 is 1.84. The van der Waals surface area contributed by atoms with Gasteiger partial charge in [0.25, 0.3) is 0 Å². The normalized spacial score (nSPS) is 17.8. The van der Waals surface area contributed by atoms with E-state index in [-0.39, 0.29) is 0 Å². The van der Waals surface area contributed by atoms with E-state index < -0.39 is 0 Å². The number of pyridine rings is 1. The lowest BCUT2D eigenvalue weighted by molar-refractivity contribution is 0.509. The molecule has 0 spiro atoms. The van der Waals surface area contributed by atoms with Crippen molar-refractivity contribution >= 4 is 11.3 Å². The van der Waals surface area contributed by atoms with Gasteiger partial charge in [0.2, 0.25) is 0 Å². The molecule has 0 bridgehead atoms. The van der Waals surface area contributed by atoms with E-state index in [9.17, 15) is 0 Å². The molecule has 1 aliphatic rings. The molecule has 2 aromatic heterocycles. The van der Waals surface area contributed by atoms with E-state index in [1.54, 1.807) is 0 Å². The minimum atomic E-state index is 0.574. The summed E-state index contributed by atoms with van der Waals surface area (Å²) in [5.74, 6) is 0.574.